The number of anilines is 3. The van der Waals surface area contributed by atoms with E-state index in [9.17, 15) is 9.59 Å². The molecule has 1 aliphatic heterocycles. The molecule has 3 aromatic rings. The minimum atomic E-state index is -0.270. The maximum atomic E-state index is 13.0. The Morgan fingerprint density at radius 1 is 1.36 bits per heavy atom. The first-order valence-corrected chi connectivity index (χ1v) is 11.1. The quantitative estimate of drug-likeness (QED) is 0.517. The van der Waals surface area contributed by atoms with Gasteiger partial charge in [-0.15, -0.1) is 0 Å². The van der Waals surface area contributed by atoms with E-state index in [-0.39, 0.29) is 29.7 Å². The standard InChI is InChI=1S/C22H27N7O4/c1-12(2)28-9-4-5-15(22(28)31)25-18-17-20(23-8-10-33-17)29-19(27-18)13(11-24-29)21(30)26-14-6-7-16(14)32-3/h4-5,9,11-12,14,16,23H,6-8,10H2,1-3H3,(H,25,27)(H,26,30)/t14?,16-/m0/s1. The SMILES string of the molecule is CO[C@H]1CCC1NC(=O)c1cnn2c3c(c(Nc4cccn(C(C)C)c4=O)nc12)OCCN3. The summed E-state index contributed by atoms with van der Waals surface area (Å²) in [6.45, 7) is 4.90. The highest BCUT2D eigenvalue weighted by Gasteiger charge is 2.33. The zero-order chi connectivity index (χ0) is 23.1. The van der Waals surface area contributed by atoms with Gasteiger partial charge in [-0.1, -0.05) is 0 Å². The molecule has 3 N–H and O–H groups in total. The monoisotopic (exact) mass is 453 g/mol. The van der Waals surface area contributed by atoms with Crippen molar-refractivity contribution in [1.82, 2.24) is 24.5 Å². The van der Waals surface area contributed by atoms with Crippen LogP contribution < -0.4 is 26.2 Å². The third-order valence-corrected chi connectivity index (χ3v) is 6.10. The number of hydrogen-bond acceptors (Lipinski definition) is 8. The van der Waals surface area contributed by atoms with Crippen LogP contribution in [-0.2, 0) is 4.74 Å². The second kappa shape index (κ2) is 8.39. The van der Waals surface area contributed by atoms with Crippen molar-refractivity contribution in [2.45, 2.75) is 44.9 Å². The van der Waals surface area contributed by atoms with E-state index in [2.05, 4.69) is 26.0 Å². The van der Waals surface area contributed by atoms with Crippen LogP contribution in [0.25, 0.3) is 5.65 Å². The molecule has 1 aliphatic carbocycles. The van der Waals surface area contributed by atoms with Crippen molar-refractivity contribution in [2.24, 2.45) is 0 Å². The molecule has 0 radical (unpaired) electrons. The van der Waals surface area contributed by atoms with Crippen LogP contribution in [0.4, 0.5) is 17.3 Å². The lowest BCUT2D eigenvalue weighted by Crippen LogP contribution is -2.51. The largest absolute Gasteiger partial charge is 0.485 e. The van der Waals surface area contributed by atoms with Gasteiger partial charge in [-0.05, 0) is 38.8 Å². The Labute approximate surface area is 190 Å². The molecular weight excluding hydrogens is 426 g/mol. The lowest BCUT2D eigenvalue weighted by Gasteiger charge is -2.35. The summed E-state index contributed by atoms with van der Waals surface area (Å²) in [5.41, 5.74) is 0.888. The fourth-order valence-electron chi connectivity index (χ4n) is 4.14. The van der Waals surface area contributed by atoms with Crippen LogP contribution in [0, 0.1) is 0 Å². The molecule has 1 unspecified atom stereocenters. The molecule has 11 nitrogen and oxygen atoms in total. The number of rotatable bonds is 6. The molecule has 1 saturated carbocycles. The number of hydrogen-bond donors (Lipinski definition) is 3. The zero-order valence-electron chi connectivity index (χ0n) is 18.8. The van der Waals surface area contributed by atoms with E-state index < -0.39 is 0 Å². The molecule has 1 amide bonds. The van der Waals surface area contributed by atoms with Gasteiger partial charge in [0.25, 0.3) is 11.5 Å². The molecule has 2 aliphatic rings. The molecule has 0 aromatic carbocycles. The number of fused-ring (bicyclic) bond motifs is 3. The number of carbonyl (C=O) groups excluding carboxylic acids is 1. The van der Waals surface area contributed by atoms with Gasteiger partial charge >= 0.3 is 0 Å². The lowest BCUT2D eigenvalue weighted by molar-refractivity contribution is 0.00732. The van der Waals surface area contributed by atoms with Crippen LogP contribution in [0.3, 0.4) is 0 Å². The first kappa shape index (κ1) is 21.3. The Balaban J connectivity index is 1.55. The molecule has 4 heterocycles. The summed E-state index contributed by atoms with van der Waals surface area (Å²) in [5.74, 6) is 1.10. The summed E-state index contributed by atoms with van der Waals surface area (Å²) in [6, 6.07) is 3.47. The number of nitrogens with one attached hydrogen (secondary N) is 3. The average Bonchev–Trinajstić information content (AvgIpc) is 3.22. The predicted octanol–water partition coefficient (Wildman–Crippen LogP) is 1.93. The first-order chi connectivity index (χ1) is 16.0. The molecule has 33 heavy (non-hydrogen) atoms. The van der Waals surface area contributed by atoms with Gasteiger partial charge in [0.1, 0.15) is 17.9 Å². The summed E-state index contributed by atoms with van der Waals surface area (Å²) in [6.07, 6.45) is 5.04. The van der Waals surface area contributed by atoms with E-state index in [0.717, 1.165) is 12.8 Å². The minimum absolute atomic E-state index is 0.00841. The van der Waals surface area contributed by atoms with Gasteiger partial charge in [-0.25, -0.2) is 4.98 Å². The topological polar surface area (TPSA) is 124 Å². The van der Waals surface area contributed by atoms with E-state index in [1.54, 1.807) is 34.5 Å². The van der Waals surface area contributed by atoms with Crippen LogP contribution in [0.2, 0.25) is 0 Å². The summed E-state index contributed by atoms with van der Waals surface area (Å²) < 4.78 is 14.4. The van der Waals surface area contributed by atoms with E-state index >= 15 is 0 Å². The fraction of sp³-hybridized carbons (Fsp3) is 0.455. The number of aromatic nitrogens is 4. The molecule has 174 valence electrons. The molecule has 0 bridgehead atoms. The second-order valence-electron chi connectivity index (χ2n) is 8.49. The van der Waals surface area contributed by atoms with Crippen LogP contribution in [0.1, 0.15) is 43.1 Å². The Hall–Kier alpha value is -3.60. The maximum Gasteiger partial charge on any atom is 0.274 e. The Morgan fingerprint density at radius 3 is 2.94 bits per heavy atom. The van der Waals surface area contributed by atoms with E-state index in [0.29, 0.717) is 47.4 Å². The number of methoxy groups -OCH3 is 1. The van der Waals surface area contributed by atoms with Crippen LogP contribution in [0.5, 0.6) is 5.75 Å². The molecule has 11 heteroatoms. The van der Waals surface area contributed by atoms with Gasteiger partial charge in [-0.2, -0.15) is 9.61 Å². The van der Waals surface area contributed by atoms with Crippen molar-refractivity contribution in [3.63, 3.8) is 0 Å². The normalized spacial score (nSPS) is 19.4. The summed E-state index contributed by atoms with van der Waals surface area (Å²) >= 11 is 0. The molecule has 0 saturated heterocycles. The van der Waals surface area contributed by atoms with Crippen molar-refractivity contribution in [1.29, 1.82) is 0 Å². The Kier molecular flexibility index (Phi) is 5.41. The van der Waals surface area contributed by atoms with Crippen molar-refractivity contribution >= 4 is 28.9 Å². The third-order valence-electron chi connectivity index (χ3n) is 6.10. The van der Waals surface area contributed by atoms with Gasteiger partial charge < -0.3 is 30.0 Å². The highest BCUT2D eigenvalue weighted by molar-refractivity contribution is 6.00. The van der Waals surface area contributed by atoms with Gasteiger partial charge in [-0.3, -0.25) is 9.59 Å². The van der Waals surface area contributed by atoms with Crippen molar-refractivity contribution in [3.8, 4) is 5.75 Å². The third kappa shape index (κ3) is 3.67. The molecule has 2 atom stereocenters. The number of nitrogens with zero attached hydrogens (tertiary/aromatic N) is 4. The predicted molar refractivity (Wildman–Crippen MR) is 123 cm³/mol. The number of ether oxygens (including phenoxy) is 2. The van der Waals surface area contributed by atoms with Crippen molar-refractivity contribution in [2.75, 3.05) is 30.9 Å². The smallest absolute Gasteiger partial charge is 0.274 e. The van der Waals surface area contributed by atoms with Gasteiger partial charge in [0.2, 0.25) is 5.75 Å². The molecular formula is C22H27N7O4. The van der Waals surface area contributed by atoms with E-state index in [1.807, 2.05) is 13.8 Å². The van der Waals surface area contributed by atoms with E-state index in [4.69, 9.17) is 9.47 Å². The second-order valence-corrected chi connectivity index (χ2v) is 8.49. The highest BCUT2D eigenvalue weighted by Crippen LogP contribution is 2.36. The van der Waals surface area contributed by atoms with Gasteiger partial charge in [0.15, 0.2) is 17.3 Å². The number of amides is 1. The highest BCUT2D eigenvalue weighted by atomic mass is 16.5. The van der Waals surface area contributed by atoms with Crippen LogP contribution in [0.15, 0.2) is 29.3 Å². The Morgan fingerprint density at radius 2 is 2.21 bits per heavy atom. The summed E-state index contributed by atoms with van der Waals surface area (Å²) in [4.78, 5) is 30.6. The van der Waals surface area contributed by atoms with Crippen molar-refractivity contribution in [3.05, 3.63) is 40.4 Å². The average molecular weight is 454 g/mol. The van der Waals surface area contributed by atoms with Crippen molar-refractivity contribution < 1.29 is 14.3 Å². The van der Waals surface area contributed by atoms with E-state index in [1.165, 1.54) is 6.20 Å². The number of carbonyl (C=O) groups is 1. The van der Waals surface area contributed by atoms with Gasteiger partial charge in [0.05, 0.1) is 24.9 Å². The maximum absolute atomic E-state index is 13.0. The Bertz CT molecular complexity index is 1260. The zero-order valence-corrected chi connectivity index (χ0v) is 18.8. The molecule has 5 rings (SSSR count). The minimum Gasteiger partial charge on any atom is -0.485 e. The summed E-state index contributed by atoms with van der Waals surface area (Å²) in [7, 11) is 1.65. The molecule has 0 spiro atoms. The number of pyridine rings is 1. The lowest BCUT2D eigenvalue weighted by atomic mass is 9.89. The van der Waals surface area contributed by atoms with Crippen LogP contribution >= 0.6 is 0 Å². The molecule has 3 aromatic heterocycles. The summed E-state index contributed by atoms with van der Waals surface area (Å²) in [5, 5.41) is 13.8. The van der Waals surface area contributed by atoms with Crippen LogP contribution in [-0.4, -0.2) is 57.5 Å². The molecule has 1 fully saturated rings. The first-order valence-electron chi connectivity index (χ1n) is 11.1. The van der Waals surface area contributed by atoms with Gasteiger partial charge in [0, 0.05) is 19.3 Å². The fourth-order valence-corrected chi connectivity index (χ4v) is 4.14.